The highest BCUT2D eigenvalue weighted by Crippen LogP contribution is 2.20. The van der Waals surface area contributed by atoms with Crippen LogP contribution >= 0.6 is 22.7 Å². The second-order valence-corrected chi connectivity index (χ2v) is 8.30. The fraction of sp³-hybridized carbons (Fsp3) is 0.263. The number of nitrogens with one attached hydrogen (secondary N) is 4. The summed E-state index contributed by atoms with van der Waals surface area (Å²) in [5, 5.41) is 16.7. The highest BCUT2D eigenvalue weighted by molar-refractivity contribution is 7.09. The molecule has 1 aromatic carbocycles. The van der Waals surface area contributed by atoms with Gasteiger partial charge in [0.05, 0.1) is 13.1 Å². The molecule has 0 aliphatic rings. The van der Waals surface area contributed by atoms with E-state index in [9.17, 15) is 9.59 Å². The topological polar surface area (TPSA) is 108 Å². The predicted octanol–water partition coefficient (Wildman–Crippen LogP) is 4.17. The van der Waals surface area contributed by atoms with E-state index >= 15 is 0 Å². The number of amides is 4. The summed E-state index contributed by atoms with van der Waals surface area (Å²) < 4.78 is 0. The van der Waals surface area contributed by atoms with Gasteiger partial charge in [0, 0.05) is 33.5 Å². The van der Waals surface area contributed by atoms with Gasteiger partial charge < -0.3 is 21.3 Å². The summed E-state index contributed by atoms with van der Waals surface area (Å²) >= 11 is 3.00. The van der Waals surface area contributed by atoms with Gasteiger partial charge in [-0.05, 0) is 38.5 Å². The maximum absolute atomic E-state index is 12.2. The molecule has 2 heterocycles. The van der Waals surface area contributed by atoms with Gasteiger partial charge in [0.15, 0.2) is 0 Å². The van der Waals surface area contributed by atoms with Crippen LogP contribution in [0, 0.1) is 20.8 Å². The van der Waals surface area contributed by atoms with Crippen LogP contribution in [0.1, 0.15) is 27.0 Å². The van der Waals surface area contributed by atoms with E-state index in [4.69, 9.17) is 0 Å². The van der Waals surface area contributed by atoms with E-state index in [2.05, 4.69) is 31.2 Å². The average molecular weight is 431 g/mol. The monoisotopic (exact) mass is 430 g/mol. The number of carbonyl (C=O) groups is 2. The maximum Gasteiger partial charge on any atom is 0.319 e. The number of hydrogen-bond acceptors (Lipinski definition) is 6. The van der Waals surface area contributed by atoms with Crippen molar-refractivity contribution in [1.29, 1.82) is 0 Å². The Bertz CT molecular complexity index is 1010. The third kappa shape index (κ3) is 6.26. The van der Waals surface area contributed by atoms with E-state index in [1.807, 2.05) is 37.6 Å². The number of rotatable bonds is 6. The molecule has 29 heavy (non-hydrogen) atoms. The van der Waals surface area contributed by atoms with E-state index in [1.54, 1.807) is 12.1 Å². The molecule has 0 unspecified atom stereocenters. The molecule has 152 valence electrons. The molecule has 4 N–H and O–H groups in total. The van der Waals surface area contributed by atoms with Crippen molar-refractivity contribution in [1.82, 2.24) is 20.6 Å². The number of aromatic nitrogens is 2. The van der Waals surface area contributed by atoms with Gasteiger partial charge in [-0.25, -0.2) is 19.6 Å². The molecule has 8 nitrogen and oxygen atoms in total. The third-order valence-corrected chi connectivity index (χ3v) is 5.81. The molecule has 0 atom stereocenters. The van der Waals surface area contributed by atoms with Gasteiger partial charge in [0.25, 0.3) is 0 Å². The average Bonchev–Trinajstić information content (AvgIpc) is 3.29. The first-order chi connectivity index (χ1) is 13.9. The number of aryl methyl sites for hydroxylation is 3. The van der Waals surface area contributed by atoms with Crippen LogP contribution in [0.15, 0.2) is 29.0 Å². The van der Waals surface area contributed by atoms with Crippen molar-refractivity contribution in [2.75, 3.05) is 10.6 Å². The zero-order valence-corrected chi connectivity index (χ0v) is 18.0. The van der Waals surface area contributed by atoms with E-state index in [0.29, 0.717) is 24.5 Å². The minimum Gasteiger partial charge on any atom is -0.331 e. The van der Waals surface area contributed by atoms with Crippen LogP contribution in [0.3, 0.4) is 0 Å². The molecule has 0 aliphatic heterocycles. The second kappa shape index (κ2) is 9.48. The maximum atomic E-state index is 12.2. The zero-order chi connectivity index (χ0) is 20.8. The number of hydrogen-bond donors (Lipinski definition) is 4. The third-order valence-electron chi connectivity index (χ3n) is 3.88. The molecule has 0 fully saturated rings. The van der Waals surface area contributed by atoms with Crippen LogP contribution < -0.4 is 21.3 Å². The number of thiazole rings is 2. The van der Waals surface area contributed by atoms with Crippen molar-refractivity contribution in [2.24, 2.45) is 0 Å². The Morgan fingerprint density at radius 3 is 1.93 bits per heavy atom. The molecule has 0 bridgehead atoms. The van der Waals surface area contributed by atoms with E-state index in [1.165, 1.54) is 22.7 Å². The molecule has 4 amide bonds. The molecule has 0 aliphatic carbocycles. The highest BCUT2D eigenvalue weighted by atomic mass is 32.1. The lowest BCUT2D eigenvalue weighted by atomic mass is 10.2. The van der Waals surface area contributed by atoms with Gasteiger partial charge in [-0.3, -0.25) is 0 Å². The second-order valence-electron chi connectivity index (χ2n) is 6.41. The van der Waals surface area contributed by atoms with Gasteiger partial charge in [-0.2, -0.15) is 0 Å². The largest absolute Gasteiger partial charge is 0.331 e. The van der Waals surface area contributed by atoms with Gasteiger partial charge >= 0.3 is 12.1 Å². The Labute approximate surface area is 176 Å². The molecule has 3 aromatic rings. The first kappa shape index (κ1) is 20.7. The lowest BCUT2D eigenvalue weighted by Gasteiger charge is -2.12. The zero-order valence-electron chi connectivity index (χ0n) is 16.3. The van der Waals surface area contributed by atoms with Crippen LogP contribution in [0.25, 0.3) is 0 Å². The van der Waals surface area contributed by atoms with Gasteiger partial charge in [-0.1, -0.05) is 6.07 Å². The first-order valence-electron chi connectivity index (χ1n) is 8.91. The molecule has 0 saturated heterocycles. The van der Waals surface area contributed by atoms with Gasteiger partial charge in [0.2, 0.25) is 0 Å². The minimum atomic E-state index is -0.337. The lowest BCUT2D eigenvalue weighted by Crippen LogP contribution is -2.29. The van der Waals surface area contributed by atoms with Gasteiger partial charge in [0.1, 0.15) is 10.0 Å². The van der Waals surface area contributed by atoms with E-state index in [0.717, 1.165) is 27.0 Å². The van der Waals surface area contributed by atoms with Crippen LogP contribution in [0.4, 0.5) is 21.0 Å². The molecule has 2 aromatic heterocycles. The van der Waals surface area contributed by atoms with Crippen molar-refractivity contribution < 1.29 is 9.59 Å². The normalized spacial score (nSPS) is 10.4. The molecule has 0 spiro atoms. The summed E-state index contributed by atoms with van der Waals surface area (Å²) in [6, 6.07) is 4.66. The molecule has 10 heteroatoms. The van der Waals surface area contributed by atoms with Gasteiger partial charge in [-0.15, -0.1) is 22.7 Å². The fourth-order valence-corrected chi connectivity index (χ4v) is 3.88. The molecular formula is C19H22N6O2S2. The number of urea groups is 2. The fourth-order valence-electron chi connectivity index (χ4n) is 2.46. The summed E-state index contributed by atoms with van der Waals surface area (Å²) in [5.41, 5.74) is 3.95. The Balaban J connectivity index is 1.52. The highest BCUT2D eigenvalue weighted by Gasteiger charge is 2.09. The van der Waals surface area contributed by atoms with E-state index in [-0.39, 0.29) is 12.1 Å². The standard InChI is InChI=1S/C19H22N6O2S2/c1-11-4-5-14(24-18(26)20-7-16-22-12(2)9-28-16)6-15(11)25-19(27)21-8-17-23-13(3)10-29-17/h4-6,9-10H,7-8H2,1-3H3,(H2,20,24,26)(H2,21,25,27). The summed E-state index contributed by atoms with van der Waals surface area (Å²) in [6.07, 6.45) is 0. The number of benzene rings is 1. The van der Waals surface area contributed by atoms with Crippen LogP contribution in [0.5, 0.6) is 0 Å². The quantitative estimate of drug-likeness (QED) is 0.471. The van der Waals surface area contributed by atoms with Crippen molar-refractivity contribution in [2.45, 2.75) is 33.9 Å². The Kier molecular flexibility index (Phi) is 6.78. The van der Waals surface area contributed by atoms with Crippen molar-refractivity contribution in [3.63, 3.8) is 0 Å². The Morgan fingerprint density at radius 2 is 1.41 bits per heavy atom. The van der Waals surface area contributed by atoms with Crippen LogP contribution in [-0.4, -0.2) is 22.0 Å². The SMILES string of the molecule is Cc1csc(CNC(=O)Nc2ccc(C)c(NC(=O)NCc3nc(C)cs3)c2)n1. The summed E-state index contributed by atoms with van der Waals surface area (Å²) in [4.78, 5) is 32.9. The number of nitrogens with zero attached hydrogens (tertiary/aromatic N) is 2. The van der Waals surface area contributed by atoms with Crippen LogP contribution in [0.2, 0.25) is 0 Å². The summed E-state index contributed by atoms with van der Waals surface area (Å²) in [7, 11) is 0. The first-order valence-corrected chi connectivity index (χ1v) is 10.7. The number of anilines is 2. The molecule has 3 rings (SSSR count). The Morgan fingerprint density at radius 1 is 0.862 bits per heavy atom. The summed E-state index contributed by atoms with van der Waals surface area (Å²) in [5.74, 6) is 0. The van der Waals surface area contributed by atoms with Crippen molar-refractivity contribution in [3.05, 3.63) is 55.9 Å². The Hall–Kier alpha value is -2.98. The lowest BCUT2D eigenvalue weighted by molar-refractivity contribution is 0.251. The smallest absolute Gasteiger partial charge is 0.319 e. The predicted molar refractivity (Wildman–Crippen MR) is 117 cm³/mol. The number of carbonyl (C=O) groups excluding carboxylic acids is 2. The van der Waals surface area contributed by atoms with Crippen molar-refractivity contribution in [3.8, 4) is 0 Å². The molecule has 0 radical (unpaired) electrons. The molecule has 0 saturated carbocycles. The van der Waals surface area contributed by atoms with E-state index < -0.39 is 0 Å². The van der Waals surface area contributed by atoms with Crippen molar-refractivity contribution >= 4 is 46.1 Å². The van der Waals surface area contributed by atoms with Crippen LogP contribution in [-0.2, 0) is 13.1 Å². The molecular weight excluding hydrogens is 408 g/mol. The minimum absolute atomic E-state index is 0.332. The summed E-state index contributed by atoms with van der Waals surface area (Å²) in [6.45, 7) is 6.43.